The van der Waals surface area contributed by atoms with E-state index in [9.17, 15) is 4.39 Å². The van der Waals surface area contributed by atoms with Gasteiger partial charge in [0.2, 0.25) is 0 Å². The van der Waals surface area contributed by atoms with E-state index in [0.717, 1.165) is 50.5 Å². The molecule has 0 saturated carbocycles. The average Bonchev–Trinajstić information content (AvgIpc) is 2.45. The summed E-state index contributed by atoms with van der Waals surface area (Å²) in [5.41, 5.74) is 1.96. The number of piperazine rings is 1. The molecule has 0 radical (unpaired) electrons. The molecule has 1 fully saturated rings. The summed E-state index contributed by atoms with van der Waals surface area (Å²) in [7, 11) is 4.20. The second-order valence-electron chi connectivity index (χ2n) is 5.54. The number of halogens is 2. The van der Waals surface area contributed by atoms with Gasteiger partial charge in [-0.2, -0.15) is 0 Å². The maximum absolute atomic E-state index is 13.2. The molecule has 0 aromatic heterocycles. The van der Waals surface area contributed by atoms with Gasteiger partial charge in [-0.1, -0.05) is 0 Å². The zero-order chi connectivity index (χ0) is 14.5. The van der Waals surface area contributed by atoms with Crippen molar-refractivity contribution in [1.29, 1.82) is 0 Å². The lowest BCUT2D eigenvalue weighted by atomic mass is 10.1. The number of alkyl halides is 1. The Kier molecular flexibility index (Phi) is 5.64. The molecule has 1 saturated heterocycles. The van der Waals surface area contributed by atoms with Crippen molar-refractivity contribution in [3.8, 4) is 0 Å². The zero-order valence-electron chi connectivity index (χ0n) is 12.3. The normalized spacial score (nSPS) is 16.9. The molecule has 1 heterocycles. The zero-order valence-corrected chi connectivity index (χ0v) is 13.0. The molecule has 0 amide bonds. The average molecular weight is 300 g/mol. The topological polar surface area (TPSA) is 9.72 Å². The van der Waals surface area contributed by atoms with E-state index in [1.165, 1.54) is 6.07 Å². The Morgan fingerprint density at radius 1 is 1.20 bits per heavy atom. The van der Waals surface area contributed by atoms with E-state index in [4.69, 9.17) is 11.6 Å². The molecule has 0 spiro atoms. The molecule has 1 aliphatic heterocycles. The number of nitrogens with zero attached hydrogens (tertiary/aromatic N) is 3. The first-order valence-corrected chi connectivity index (χ1v) is 7.60. The van der Waals surface area contributed by atoms with Crippen molar-refractivity contribution in [2.75, 3.05) is 58.3 Å². The highest BCUT2D eigenvalue weighted by atomic mass is 35.5. The van der Waals surface area contributed by atoms with E-state index in [1.54, 1.807) is 6.07 Å². The molecule has 0 atom stereocenters. The van der Waals surface area contributed by atoms with E-state index in [-0.39, 0.29) is 5.82 Å². The first-order valence-electron chi connectivity index (χ1n) is 7.06. The highest BCUT2D eigenvalue weighted by Crippen LogP contribution is 2.24. The Hall–Kier alpha value is -0.840. The van der Waals surface area contributed by atoms with Gasteiger partial charge >= 0.3 is 0 Å². The molecule has 0 unspecified atom stereocenters. The predicted octanol–water partition coefficient (Wildman–Crippen LogP) is 2.25. The van der Waals surface area contributed by atoms with Gasteiger partial charge in [0.1, 0.15) is 5.82 Å². The third-order valence-corrected chi connectivity index (χ3v) is 4.05. The summed E-state index contributed by atoms with van der Waals surface area (Å²) in [5, 5.41) is 0. The maximum Gasteiger partial charge on any atom is 0.123 e. The van der Waals surface area contributed by atoms with Gasteiger partial charge in [-0.25, -0.2) is 4.39 Å². The quantitative estimate of drug-likeness (QED) is 0.772. The molecule has 1 aromatic carbocycles. The number of rotatable bonds is 5. The molecule has 1 aromatic rings. The monoisotopic (exact) mass is 299 g/mol. The molecule has 2 rings (SSSR count). The van der Waals surface area contributed by atoms with Gasteiger partial charge in [0.25, 0.3) is 0 Å². The van der Waals surface area contributed by atoms with Crippen LogP contribution in [0.15, 0.2) is 18.2 Å². The third-order valence-electron chi connectivity index (χ3n) is 3.76. The summed E-state index contributed by atoms with van der Waals surface area (Å²) in [6, 6.07) is 4.91. The van der Waals surface area contributed by atoms with Crippen molar-refractivity contribution in [2.24, 2.45) is 0 Å². The largest absolute Gasteiger partial charge is 0.369 e. The van der Waals surface area contributed by atoms with Crippen LogP contribution in [0.1, 0.15) is 5.56 Å². The van der Waals surface area contributed by atoms with E-state index < -0.39 is 0 Å². The lowest BCUT2D eigenvalue weighted by Gasteiger charge is -2.37. The Labute approximate surface area is 125 Å². The number of hydrogen-bond donors (Lipinski definition) is 0. The smallest absolute Gasteiger partial charge is 0.123 e. The minimum Gasteiger partial charge on any atom is -0.369 e. The fourth-order valence-electron chi connectivity index (χ4n) is 2.52. The predicted molar refractivity (Wildman–Crippen MR) is 83.2 cm³/mol. The Morgan fingerprint density at radius 3 is 2.50 bits per heavy atom. The van der Waals surface area contributed by atoms with Crippen molar-refractivity contribution in [3.63, 3.8) is 0 Å². The van der Waals surface area contributed by atoms with Gasteiger partial charge in [-0.05, 0) is 37.9 Å². The highest BCUT2D eigenvalue weighted by molar-refractivity contribution is 6.17. The molecule has 0 N–H and O–H groups in total. The summed E-state index contributed by atoms with van der Waals surface area (Å²) >= 11 is 5.93. The van der Waals surface area contributed by atoms with Crippen LogP contribution in [-0.4, -0.2) is 63.2 Å². The Balaban J connectivity index is 1.93. The van der Waals surface area contributed by atoms with Crippen LogP contribution in [0.5, 0.6) is 0 Å². The Morgan fingerprint density at radius 2 is 1.90 bits per heavy atom. The lowest BCUT2D eigenvalue weighted by molar-refractivity contribution is 0.229. The molecule has 0 aliphatic carbocycles. The van der Waals surface area contributed by atoms with Crippen molar-refractivity contribution in [3.05, 3.63) is 29.6 Å². The molecular formula is C15H23ClFN3. The molecule has 3 nitrogen and oxygen atoms in total. The summed E-state index contributed by atoms with van der Waals surface area (Å²) in [6.07, 6.45) is 0. The molecule has 20 heavy (non-hydrogen) atoms. The van der Waals surface area contributed by atoms with Crippen LogP contribution in [0.4, 0.5) is 10.1 Å². The van der Waals surface area contributed by atoms with Crippen molar-refractivity contribution < 1.29 is 4.39 Å². The van der Waals surface area contributed by atoms with Crippen LogP contribution in [-0.2, 0) is 5.88 Å². The summed E-state index contributed by atoms with van der Waals surface area (Å²) in [6.45, 7) is 6.24. The van der Waals surface area contributed by atoms with Gasteiger partial charge in [-0.15, -0.1) is 11.6 Å². The summed E-state index contributed by atoms with van der Waals surface area (Å²) < 4.78 is 13.2. The van der Waals surface area contributed by atoms with E-state index in [1.807, 2.05) is 6.07 Å². The minimum atomic E-state index is -0.214. The summed E-state index contributed by atoms with van der Waals surface area (Å²) in [4.78, 5) is 6.99. The summed E-state index contributed by atoms with van der Waals surface area (Å²) in [5.74, 6) is 0.141. The number of benzene rings is 1. The van der Waals surface area contributed by atoms with Crippen LogP contribution in [0.2, 0.25) is 0 Å². The number of anilines is 1. The second kappa shape index (κ2) is 7.25. The Bertz CT molecular complexity index is 431. The molecule has 5 heteroatoms. The van der Waals surface area contributed by atoms with Gasteiger partial charge in [0, 0.05) is 50.8 Å². The molecular weight excluding hydrogens is 277 g/mol. The van der Waals surface area contributed by atoms with Crippen LogP contribution < -0.4 is 4.90 Å². The minimum absolute atomic E-state index is 0.214. The van der Waals surface area contributed by atoms with Crippen molar-refractivity contribution in [2.45, 2.75) is 5.88 Å². The lowest BCUT2D eigenvalue weighted by Crippen LogP contribution is -2.48. The van der Waals surface area contributed by atoms with Crippen LogP contribution >= 0.6 is 11.6 Å². The molecule has 1 aliphatic rings. The second-order valence-corrected chi connectivity index (χ2v) is 5.81. The maximum atomic E-state index is 13.2. The highest BCUT2D eigenvalue weighted by Gasteiger charge is 2.19. The van der Waals surface area contributed by atoms with Gasteiger partial charge in [0.15, 0.2) is 0 Å². The first-order chi connectivity index (χ1) is 9.60. The fraction of sp³-hybridized carbons (Fsp3) is 0.600. The SMILES string of the molecule is CN(C)CCN1CCN(c2ccc(F)cc2CCl)CC1. The van der Waals surface area contributed by atoms with Gasteiger partial charge < -0.3 is 9.80 Å². The van der Waals surface area contributed by atoms with E-state index >= 15 is 0 Å². The fourth-order valence-corrected chi connectivity index (χ4v) is 2.74. The third kappa shape index (κ3) is 4.08. The van der Waals surface area contributed by atoms with Gasteiger partial charge in [-0.3, -0.25) is 4.90 Å². The standard InChI is InChI=1S/C15H23ClFN3/c1-18(2)5-6-19-7-9-20(10-8-19)15-4-3-14(17)11-13(15)12-16/h3-4,11H,5-10,12H2,1-2H3. The van der Waals surface area contributed by atoms with Crippen molar-refractivity contribution >= 4 is 17.3 Å². The van der Waals surface area contributed by atoms with E-state index in [0.29, 0.717) is 5.88 Å². The molecule has 112 valence electrons. The van der Waals surface area contributed by atoms with Gasteiger partial charge in [0.05, 0.1) is 0 Å². The first kappa shape index (κ1) is 15.5. The molecule has 0 bridgehead atoms. The van der Waals surface area contributed by atoms with Crippen LogP contribution in [0, 0.1) is 5.82 Å². The van der Waals surface area contributed by atoms with Crippen LogP contribution in [0.25, 0.3) is 0 Å². The number of likely N-dealkylation sites (N-methyl/N-ethyl adjacent to an activating group) is 1. The van der Waals surface area contributed by atoms with Crippen molar-refractivity contribution in [1.82, 2.24) is 9.80 Å². The van der Waals surface area contributed by atoms with Crippen LogP contribution in [0.3, 0.4) is 0 Å². The van der Waals surface area contributed by atoms with E-state index in [2.05, 4.69) is 28.8 Å². The number of hydrogen-bond acceptors (Lipinski definition) is 3.